The van der Waals surface area contributed by atoms with Crippen LogP contribution in [0.2, 0.25) is 5.82 Å². The topological polar surface area (TPSA) is 18.5 Å². The Balaban J connectivity index is 2.09. The molecule has 2 rings (SSSR count). The van der Waals surface area contributed by atoms with Crippen molar-refractivity contribution < 1.29 is 9.31 Å². The Morgan fingerprint density at radius 1 is 1.00 bits per heavy atom. The molecule has 1 aliphatic carbocycles. The fraction of sp³-hybridized carbons (Fsp3) is 1.00. The van der Waals surface area contributed by atoms with Gasteiger partial charge in [-0.15, -0.1) is 0 Å². The number of hydrogen-bond donors (Lipinski definition) is 0. The molecule has 0 spiro atoms. The zero-order chi connectivity index (χ0) is 11.3. The second-order valence-corrected chi connectivity index (χ2v) is 6.20. The van der Waals surface area contributed by atoms with Gasteiger partial charge >= 0.3 is 7.12 Å². The van der Waals surface area contributed by atoms with Crippen molar-refractivity contribution >= 4 is 7.12 Å². The lowest BCUT2D eigenvalue weighted by molar-refractivity contribution is 0.00578. The predicted octanol–water partition coefficient (Wildman–Crippen LogP) is 3.27. The van der Waals surface area contributed by atoms with Gasteiger partial charge in [0.2, 0.25) is 0 Å². The van der Waals surface area contributed by atoms with Crippen LogP contribution in [0.5, 0.6) is 0 Å². The first-order chi connectivity index (χ1) is 6.83. The summed E-state index contributed by atoms with van der Waals surface area (Å²) in [5, 5.41) is 0. The zero-order valence-corrected chi connectivity index (χ0v) is 10.7. The normalized spacial score (nSPS) is 38.6. The molecule has 15 heavy (non-hydrogen) atoms. The minimum absolute atomic E-state index is 0.0208. The van der Waals surface area contributed by atoms with Crippen LogP contribution in [0.15, 0.2) is 0 Å². The smallest absolute Gasteiger partial charge is 0.403 e. The van der Waals surface area contributed by atoms with Gasteiger partial charge in [0.05, 0.1) is 11.2 Å². The van der Waals surface area contributed by atoms with Gasteiger partial charge in [0, 0.05) is 0 Å². The molecule has 1 heterocycles. The van der Waals surface area contributed by atoms with Gasteiger partial charge in [0.15, 0.2) is 0 Å². The molecular weight excluding hydrogens is 187 g/mol. The number of hydrogen-bond acceptors (Lipinski definition) is 2. The summed E-state index contributed by atoms with van der Waals surface area (Å²) in [7, 11) is 0.0208. The van der Waals surface area contributed by atoms with E-state index in [0.717, 1.165) is 5.92 Å². The summed E-state index contributed by atoms with van der Waals surface area (Å²) in [4.78, 5) is 0. The highest BCUT2D eigenvalue weighted by atomic mass is 16.7. The Labute approximate surface area is 93.9 Å². The molecule has 0 aromatic heterocycles. The molecule has 0 N–H and O–H groups in total. The maximum absolute atomic E-state index is 6.10. The highest BCUT2D eigenvalue weighted by molar-refractivity contribution is 6.47. The first-order valence-electron chi connectivity index (χ1n) is 6.19. The van der Waals surface area contributed by atoms with Crippen LogP contribution < -0.4 is 0 Å². The van der Waals surface area contributed by atoms with Crippen molar-refractivity contribution in [1.82, 2.24) is 0 Å². The molecule has 86 valence electrons. The highest BCUT2D eigenvalue weighted by Gasteiger charge is 2.54. The van der Waals surface area contributed by atoms with E-state index in [9.17, 15) is 0 Å². The molecule has 2 aliphatic rings. The van der Waals surface area contributed by atoms with Crippen molar-refractivity contribution in [3.63, 3.8) is 0 Å². The highest BCUT2D eigenvalue weighted by Crippen LogP contribution is 2.46. The first-order valence-corrected chi connectivity index (χ1v) is 6.19. The van der Waals surface area contributed by atoms with E-state index >= 15 is 0 Å². The molecule has 0 aromatic carbocycles. The average molecular weight is 210 g/mol. The van der Waals surface area contributed by atoms with Crippen LogP contribution >= 0.6 is 0 Å². The molecule has 2 atom stereocenters. The van der Waals surface area contributed by atoms with E-state index in [1.807, 2.05) is 0 Å². The zero-order valence-electron chi connectivity index (χ0n) is 10.7. The first kappa shape index (κ1) is 11.5. The van der Waals surface area contributed by atoms with Gasteiger partial charge in [-0.25, -0.2) is 0 Å². The number of rotatable bonds is 1. The van der Waals surface area contributed by atoms with Crippen LogP contribution in [0, 0.1) is 5.92 Å². The predicted molar refractivity (Wildman–Crippen MR) is 62.8 cm³/mol. The maximum Gasteiger partial charge on any atom is 0.461 e. The molecule has 2 nitrogen and oxygen atoms in total. The molecule has 1 saturated heterocycles. The van der Waals surface area contributed by atoms with E-state index in [2.05, 4.69) is 34.6 Å². The van der Waals surface area contributed by atoms with Gasteiger partial charge in [-0.05, 0) is 39.4 Å². The Morgan fingerprint density at radius 3 is 1.93 bits per heavy atom. The fourth-order valence-corrected chi connectivity index (χ4v) is 2.64. The molecule has 3 heteroatoms. The molecule has 2 unspecified atom stereocenters. The molecule has 2 fully saturated rings. The molecule has 0 amide bonds. The van der Waals surface area contributed by atoms with E-state index in [4.69, 9.17) is 9.31 Å². The lowest BCUT2D eigenvalue weighted by atomic mass is 9.67. The standard InChI is InChI=1S/C12H23BO2/c1-9-7-6-8-10(9)13-14-11(2,3)12(4,5)15-13/h9-10H,6-8H2,1-5H3. The van der Waals surface area contributed by atoms with Crippen LogP contribution in [-0.2, 0) is 9.31 Å². The summed E-state index contributed by atoms with van der Waals surface area (Å²) in [6.07, 6.45) is 3.92. The summed E-state index contributed by atoms with van der Waals surface area (Å²) in [6, 6.07) is 0. The quantitative estimate of drug-likeness (QED) is 0.618. The lowest BCUT2D eigenvalue weighted by Gasteiger charge is -2.32. The van der Waals surface area contributed by atoms with Crippen LogP contribution in [0.25, 0.3) is 0 Å². The van der Waals surface area contributed by atoms with Gasteiger partial charge in [-0.1, -0.05) is 26.2 Å². The second-order valence-electron chi connectivity index (χ2n) is 6.20. The summed E-state index contributed by atoms with van der Waals surface area (Å²) in [6.45, 7) is 10.8. The second kappa shape index (κ2) is 3.49. The van der Waals surface area contributed by atoms with E-state index in [0.29, 0.717) is 5.82 Å². The Hall–Kier alpha value is -0.0151. The molecule has 1 saturated carbocycles. The molecule has 0 radical (unpaired) electrons. The third-order valence-corrected chi connectivity index (χ3v) is 4.55. The molecule has 0 aromatic rings. The third-order valence-electron chi connectivity index (χ3n) is 4.55. The third kappa shape index (κ3) is 1.85. The van der Waals surface area contributed by atoms with Gasteiger partial charge in [-0.3, -0.25) is 0 Å². The minimum Gasteiger partial charge on any atom is -0.403 e. The van der Waals surface area contributed by atoms with Crippen LogP contribution in [-0.4, -0.2) is 18.3 Å². The maximum atomic E-state index is 6.10. The van der Waals surface area contributed by atoms with Gasteiger partial charge in [0.1, 0.15) is 0 Å². The summed E-state index contributed by atoms with van der Waals surface area (Å²) < 4.78 is 12.2. The van der Waals surface area contributed by atoms with E-state index in [1.165, 1.54) is 19.3 Å². The summed E-state index contributed by atoms with van der Waals surface area (Å²) in [5.41, 5.74) is -0.333. The fourth-order valence-electron chi connectivity index (χ4n) is 2.64. The Bertz CT molecular complexity index is 234. The SMILES string of the molecule is CC1CCCC1B1OC(C)(C)C(C)(C)O1. The Kier molecular flexibility index (Phi) is 2.67. The summed E-state index contributed by atoms with van der Waals surface area (Å²) >= 11 is 0. The van der Waals surface area contributed by atoms with Crippen LogP contribution in [0.4, 0.5) is 0 Å². The van der Waals surface area contributed by atoms with Gasteiger partial charge < -0.3 is 9.31 Å². The summed E-state index contributed by atoms with van der Waals surface area (Å²) in [5.74, 6) is 1.35. The van der Waals surface area contributed by atoms with Crippen molar-refractivity contribution in [3.8, 4) is 0 Å². The van der Waals surface area contributed by atoms with Crippen molar-refractivity contribution in [2.45, 2.75) is 70.9 Å². The van der Waals surface area contributed by atoms with E-state index in [-0.39, 0.29) is 18.3 Å². The van der Waals surface area contributed by atoms with E-state index in [1.54, 1.807) is 0 Å². The monoisotopic (exact) mass is 210 g/mol. The average Bonchev–Trinajstić information content (AvgIpc) is 2.55. The largest absolute Gasteiger partial charge is 0.461 e. The van der Waals surface area contributed by atoms with Gasteiger partial charge in [0.25, 0.3) is 0 Å². The molecule has 1 aliphatic heterocycles. The molecular formula is C12H23BO2. The van der Waals surface area contributed by atoms with Crippen molar-refractivity contribution in [3.05, 3.63) is 0 Å². The Morgan fingerprint density at radius 2 is 1.53 bits per heavy atom. The van der Waals surface area contributed by atoms with Crippen molar-refractivity contribution in [2.75, 3.05) is 0 Å². The molecule has 0 bridgehead atoms. The van der Waals surface area contributed by atoms with Crippen molar-refractivity contribution in [1.29, 1.82) is 0 Å². The van der Waals surface area contributed by atoms with Gasteiger partial charge in [-0.2, -0.15) is 0 Å². The van der Waals surface area contributed by atoms with Crippen molar-refractivity contribution in [2.24, 2.45) is 5.92 Å². The minimum atomic E-state index is -0.167. The lowest BCUT2D eigenvalue weighted by Crippen LogP contribution is -2.41. The van der Waals surface area contributed by atoms with Crippen LogP contribution in [0.1, 0.15) is 53.9 Å². The van der Waals surface area contributed by atoms with Crippen LogP contribution in [0.3, 0.4) is 0 Å². The van der Waals surface area contributed by atoms with E-state index < -0.39 is 0 Å².